The quantitative estimate of drug-likeness (QED) is 0.860. The van der Waals surface area contributed by atoms with E-state index in [0.717, 1.165) is 42.9 Å². The molecule has 3 rings (SSSR count). The summed E-state index contributed by atoms with van der Waals surface area (Å²) in [5.74, 6) is -0.453. The van der Waals surface area contributed by atoms with E-state index in [2.05, 4.69) is 16.9 Å². The van der Waals surface area contributed by atoms with Crippen molar-refractivity contribution in [3.05, 3.63) is 47.2 Å². The number of carbonyl (C=O) groups excluding carboxylic acids is 2. The lowest BCUT2D eigenvalue weighted by molar-refractivity contribution is 0.0663. The van der Waals surface area contributed by atoms with Gasteiger partial charge >= 0.3 is 0 Å². The summed E-state index contributed by atoms with van der Waals surface area (Å²) in [5.41, 5.74) is 14.4. The van der Waals surface area contributed by atoms with Crippen molar-refractivity contribution in [2.45, 2.75) is 6.92 Å². The van der Waals surface area contributed by atoms with Gasteiger partial charge in [0.25, 0.3) is 11.8 Å². The Kier molecular flexibility index (Phi) is 4.90. The highest BCUT2D eigenvalue weighted by Gasteiger charge is 2.21. The van der Waals surface area contributed by atoms with Crippen molar-refractivity contribution in [2.24, 2.45) is 5.73 Å². The van der Waals surface area contributed by atoms with Crippen LogP contribution in [0.1, 0.15) is 26.3 Å². The third-order valence-corrected chi connectivity index (χ3v) is 4.76. The second-order valence-corrected chi connectivity index (χ2v) is 6.65. The van der Waals surface area contributed by atoms with Crippen LogP contribution in [-0.2, 0) is 0 Å². The van der Waals surface area contributed by atoms with Gasteiger partial charge in [-0.2, -0.15) is 0 Å². The lowest BCUT2D eigenvalue weighted by atomic mass is 9.99. The maximum Gasteiger partial charge on any atom is 0.254 e. The molecule has 26 heavy (non-hydrogen) atoms. The van der Waals surface area contributed by atoms with Gasteiger partial charge in [0.2, 0.25) is 0 Å². The normalized spacial score (nSPS) is 15.1. The number of likely N-dealkylation sites (N-methyl/N-ethyl adjacent to an activating group) is 1. The van der Waals surface area contributed by atoms with Crippen LogP contribution in [0.25, 0.3) is 11.1 Å². The van der Waals surface area contributed by atoms with Crippen LogP contribution >= 0.6 is 0 Å². The highest BCUT2D eigenvalue weighted by atomic mass is 16.2. The van der Waals surface area contributed by atoms with Gasteiger partial charge < -0.3 is 21.3 Å². The van der Waals surface area contributed by atoms with Crippen LogP contribution in [0.3, 0.4) is 0 Å². The minimum absolute atomic E-state index is 0.0513. The van der Waals surface area contributed by atoms with Gasteiger partial charge in [0.15, 0.2) is 0 Å². The fourth-order valence-corrected chi connectivity index (χ4v) is 3.09. The SMILES string of the molecule is Cc1cc(-c2cnc(N)c(C(N)=O)c2)ccc1C(=O)N1CCN(C)CC1. The molecule has 1 aliphatic rings. The van der Waals surface area contributed by atoms with Crippen molar-refractivity contribution in [3.63, 3.8) is 0 Å². The van der Waals surface area contributed by atoms with E-state index in [9.17, 15) is 9.59 Å². The summed E-state index contributed by atoms with van der Waals surface area (Å²) in [6, 6.07) is 7.22. The van der Waals surface area contributed by atoms with Crippen molar-refractivity contribution in [1.82, 2.24) is 14.8 Å². The average Bonchev–Trinajstić information content (AvgIpc) is 2.62. The molecule has 1 fully saturated rings. The van der Waals surface area contributed by atoms with Gasteiger partial charge in [-0.15, -0.1) is 0 Å². The molecule has 1 saturated heterocycles. The monoisotopic (exact) mass is 353 g/mol. The predicted octanol–water partition coefficient (Wildman–Crippen LogP) is 1.13. The predicted molar refractivity (Wildman–Crippen MR) is 101 cm³/mol. The fraction of sp³-hybridized carbons (Fsp3) is 0.316. The summed E-state index contributed by atoms with van der Waals surface area (Å²) in [6.07, 6.45) is 1.60. The Morgan fingerprint density at radius 3 is 2.35 bits per heavy atom. The highest BCUT2D eigenvalue weighted by molar-refractivity contribution is 5.99. The molecule has 0 bridgehead atoms. The molecule has 0 unspecified atom stereocenters. The first-order valence-corrected chi connectivity index (χ1v) is 8.51. The van der Waals surface area contributed by atoms with Gasteiger partial charge in [-0.3, -0.25) is 9.59 Å². The summed E-state index contributed by atoms with van der Waals surface area (Å²) < 4.78 is 0. The number of carbonyl (C=O) groups is 2. The number of benzene rings is 1. The summed E-state index contributed by atoms with van der Waals surface area (Å²) >= 11 is 0. The van der Waals surface area contributed by atoms with Crippen LogP contribution in [-0.4, -0.2) is 59.8 Å². The molecule has 1 aliphatic heterocycles. The number of primary amides is 1. The number of anilines is 1. The summed E-state index contributed by atoms with van der Waals surface area (Å²) in [6.45, 7) is 5.15. The van der Waals surface area contributed by atoms with Crippen LogP contribution in [0.5, 0.6) is 0 Å². The number of aromatic nitrogens is 1. The number of hydrogen-bond donors (Lipinski definition) is 2. The van der Waals surface area contributed by atoms with Crippen molar-refractivity contribution in [2.75, 3.05) is 39.0 Å². The van der Waals surface area contributed by atoms with Gasteiger partial charge in [0, 0.05) is 43.5 Å². The minimum atomic E-state index is -0.615. The van der Waals surface area contributed by atoms with E-state index >= 15 is 0 Å². The number of aryl methyl sites for hydroxylation is 1. The summed E-state index contributed by atoms with van der Waals surface area (Å²) in [4.78, 5) is 32.4. The Labute approximate surface area is 152 Å². The number of amides is 2. The molecule has 0 spiro atoms. The average molecular weight is 353 g/mol. The number of piperazine rings is 1. The number of pyridine rings is 1. The standard InChI is InChI=1S/C19H23N5O2/c1-12-9-13(14-10-16(18(21)25)17(20)22-11-14)3-4-15(12)19(26)24-7-5-23(2)6-8-24/h3-4,9-11H,5-8H2,1-2H3,(H2,20,22)(H2,21,25). The molecule has 0 atom stereocenters. The Hall–Kier alpha value is -2.93. The van der Waals surface area contributed by atoms with Crippen LogP contribution < -0.4 is 11.5 Å². The summed E-state index contributed by atoms with van der Waals surface area (Å²) in [7, 11) is 2.06. The first-order valence-electron chi connectivity index (χ1n) is 8.51. The summed E-state index contributed by atoms with van der Waals surface area (Å²) in [5, 5.41) is 0. The molecule has 7 heteroatoms. The van der Waals surface area contributed by atoms with E-state index < -0.39 is 5.91 Å². The topological polar surface area (TPSA) is 106 Å². The first kappa shape index (κ1) is 17.9. The van der Waals surface area contributed by atoms with E-state index in [4.69, 9.17) is 11.5 Å². The van der Waals surface area contributed by atoms with Gasteiger partial charge in [-0.05, 0) is 37.2 Å². The number of rotatable bonds is 3. The lowest BCUT2D eigenvalue weighted by Crippen LogP contribution is -2.47. The van der Waals surface area contributed by atoms with Crippen LogP contribution in [0.15, 0.2) is 30.5 Å². The number of hydrogen-bond acceptors (Lipinski definition) is 5. The Morgan fingerprint density at radius 1 is 1.04 bits per heavy atom. The molecular formula is C19H23N5O2. The number of nitrogen functional groups attached to an aromatic ring is 1. The lowest BCUT2D eigenvalue weighted by Gasteiger charge is -2.32. The zero-order valence-electron chi connectivity index (χ0n) is 15.0. The fourth-order valence-electron chi connectivity index (χ4n) is 3.09. The van der Waals surface area contributed by atoms with Crippen molar-refractivity contribution >= 4 is 17.6 Å². The molecule has 2 heterocycles. The molecule has 136 valence electrons. The zero-order chi connectivity index (χ0) is 18.8. The Bertz CT molecular complexity index is 857. The molecule has 0 saturated carbocycles. The molecule has 1 aromatic heterocycles. The van der Waals surface area contributed by atoms with E-state index in [1.54, 1.807) is 12.3 Å². The Balaban J connectivity index is 1.87. The molecule has 0 radical (unpaired) electrons. The molecule has 7 nitrogen and oxygen atoms in total. The van der Waals surface area contributed by atoms with E-state index in [1.807, 2.05) is 30.0 Å². The number of nitrogens with zero attached hydrogens (tertiary/aromatic N) is 3. The van der Waals surface area contributed by atoms with Gasteiger partial charge in [-0.25, -0.2) is 4.98 Å². The number of nitrogens with two attached hydrogens (primary N) is 2. The Morgan fingerprint density at radius 2 is 1.73 bits per heavy atom. The van der Waals surface area contributed by atoms with Crippen molar-refractivity contribution in [3.8, 4) is 11.1 Å². The van der Waals surface area contributed by atoms with Gasteiger partial charge in [-0.1, -0.05) is 12.1 Å². The van der Waals surface area contributed by atoms with Crippen LogP contribution in [0.2, 0.25) is 0 Å². The maximum atomic E-state index is 12.8. The van der Waals surface area contributed by atoms with E-state index in [0.29, 0.717) is 5.56 Å². The van der Waals surface area contributed by atoms with Gasteiger partial charge in [0.05, 0.1) is 5.56 Å². The van der Waals surface area contributed by atoms with Crippen molar-refractivity contribution < 1.29 is 9.59 Å². The van der Waals surface area contributed by atoms with E-state index in [1.165, 1.54) is 0 Å². The highest BCUT2D eigenvalue weighted by Crippen LogP contribution is 2.25. The molecule has 2 aromatic rings. The van der Waals surface area contributed by atoms with Crippen LogP contribution in [0, 0.1) is 6.92 Å². The van der Waals surface area contributed by atoms with Crippen LogP contribution in [0.4, 0.5) is 5.82 Å². The van der Waals surface area contributed by atoms with E-state index in [-0.39, 0.29) is 17.3 Å². The molecule has 0 aliphatic carbocycles. The molecule has 1 aromatic carbocycles. The minimum Gasteiger partial charge on any atom is -0.383 e. The molecule has 4 N–H and O–H groups in total. The second kappa shape index (κ2) is 7.13. The third-order valence-electron chi connectivity index (χ3n) is 4.76. The van der Waals surface area contributed by atoms with Crippen molar-refractivity contribution in [1.29, 1.82) is 0 Å². The largest absolute Gasteiger partial charge is 0.383 e. The third kappa shape index (κ3) is 3.52. The zero-order valence-corrected chi connectivity index (χ0v) is 15.0. The maximum absolute atomic E-state index is 12.8. The first-order chi connectivity index (χ1) is 12.4. The smallest absolute Gasteiger partial charge is 0.254 e. The molecule has 2 amide bonds. The molecular weight excluding hydrogens is 330 g/mol. The van der Waals surface area contributed by atoms with Gasteiger partial charge in [0.1, 0.15) is 5.82 Å². The second-order valence-electron chi connectivity index (χ2n) is 6.65.